The highest BCUT2D eigenvalue weighted by molar-refractivity contribution is 5.65. The number of para-hydroxylation sites is 1. The van der Waals surface area contributed by atoms with Gasteiger partial charge in [0, 0.05) is 35.8 Å². The fraction of sp³-hybridized carbons (Fsp3) is 0.318. The van der Waals surface area contributed by atoms with Gasteiger partial charge in [-0.3, -0.25) is 10.00 Å². The van der Waals surface area contributed by atoms with Gasteiger partial charge < -0.3 is 9.47 Å². The lowest BCUT2D eigenvalue weighted by Gasteiger charge is -2.33. The molecule has 144 valence electrons. The lowest BCUT2D eigenvalue weighted by molar-refractivity contribution is 0.169. The smallest absolute Gasteiger partial charge is 0.231 e. The van der Waals surface area contributed by atoms with Crippen LogP contribution >= 0.6 is 0 Å². The number of piperidine rings is 1. The number of hydrogen-bond acceptors (Lipinski definition) is 4. The van der Waals surface area contributed by atoms with Crippen LogP contribution in [0.1, 0.15) is 30.0 Å². The van der Waals surface area contributed by atoms with E-state index in [0.29, 0.717) is 12.7 Å². The molecule has 28 heavy (non-hydrogen) atoms. The summed E-state index contributed by atoms with van der Waals surface area (Å²) >= 11 is 0. The third-order valence-corrected chi connectivity index (χ3v) is 5.61. The highest BCUT2D eigenvalue weighted by Gasteiger charge is 2.27. The van der Waals surface area contributed by atoms with Crippen LogP contribution in [0.5, 0.6) is 11.5 Å². The first-order chi connectivity index (χ1) is 13.8. The van der Waals surface area contributed by atoms with Gasteiger partial charge in [-0.15, -0.1) is 0 Å². The van der Waals surface area contributed by atoms with Crippen LogP contribution in [-0.2, 0) is 6.54 Å². The summed E-state index contributed by atoms with van der Waals surface area (Å²) < 4.78 is 24.4. The first-order valence-corrected chi connectivity index (χ1v) is 9.67. The van der Waals surface area contributed by atoms with Gasteiger partial charge in [-0.2, -0.15) is 5.10 Å². The van der Waals surface area contributed by atoms with Gasteiger partial charge >= 0.3 is 0 Å². The van der Waals surface area contributed by atoms with E-state index < -0.39 is 0 Å². The maximum Gasteiger partial charge on any atom is 0.231 e. The second-order valence-electron chi connectivity index (χ2n) is 7.43. The molecule has 1 fully saturated rings. The van der Waals surface area contributed by atoms with E-state index in [1.807, 2.05) is 30.5 Å². The minimum atomic E-state index is -0.223. The quantitative estimate of drug-likeness (QED) is 0.733. The van der Waals surface area contributed by atoms with E-state index in [2.05, 4.69) is 21.2 Å². The number of fused-ring (bicyclic) bond motifs is 1. The van der Waals surface area contributed by atoms with Crippen molar-refractivity contribution < 1.29 is 13.9 Å². The molecule has 5 nitrogen and oxygen atoms in total. The number of benzene rings is 2. The van der Waals surface area contributed by atoms with Gasteiger partial charge in [0.25, 0.3) is 0 Å². The van der Waals surface area contributed by atoms with Crippen LogP contribution in [-0.4, -0.2) is 35.0 Å². The number of hydrogen-bond donors (Lipinski definition) is 1. The fourth-order valence-electron chi connectivity index (χ4n) is 4.26. The van der Waals surface area contributed by atoms with Crippen molar-refractivity contribution in [2.24, 2.45) is 0 Å². The lowest BCUT2D eigenvalue weighted by atomic mass is 9.90. The zero-order valence-electron chi connectivity index (χ0n) is 15.5. The van der Waals surface area contributed by atoms with Crippen molar-refractivity contribution in [3.05, 3.63) is 65.7 Å². The Bertz CT molecular complexity index is 970. The summed E-state index contributed by atoms with van der Waals surface area (Å²) in [6.45, 7) is 3.13. The Morgan fingerprint density at radius 2 is 2.04 bits per heavy atom. The monoisotopic (exact) mass is 379 g/mol. The molecule has 0 radical (unpaired) electrons. The highest BCUT2D eigenvalue weighted by Crippen LogP contribution is 2.38. The van der Waals surface area contributed by atoms with E-state index in [4.69, 9.17) is 9.47 Å². The normalized spacial score (nSPS) is 19.1. The molecule has 0 amide bonds. The summed E-state index contributed by atoms with van der Waals surface area (Å²) in [6, 6.07) is 12.7. The predicted molar refractivity (Wildman–Crippen MR) is 104 cm³/mol. The number of aromatic amines is 1. The Morgan fingerprint density at radius 3 is 2.93 bits per heavy atom. The molecule has 0 saturated carbocycles. The van der Waals surface area contributed by atoms with Crippen molar-refractivity contribution >= 4 is 0 Å². The highest BCUT2D eigenvalue weighted by atomic mass is 19.1. The molecule has 1 unspecified atom stereocenters. The van der Waals surface area contributed by atoms with Gasteiger partial charge in [0.2, 0.25) is 6.79 Å². The van der Waals surface area contributed by atoms with E-state index in [1.54, 1.807) is 0 Å². The molecule has 2 aliphatic rings. The van der Waals surface area contributed by atoms with E-state index in [-0.39, 0.29) is 5.82 Å². The first-order valence-electron chi connectivity index (χ1n) is 9.67. The minimum Gasteiger partial charge on any atom is -0.454 e. The molecule has 2 aromatic carbocycles. The van der Waals surface area contributed by atoms with E-state index in [0.717, 1.165) is 60.8 Å². The number of rotatable bonds is 4. The molecule has 0 spiro atoms. The average Bonchev–Trinajstić information content (AvgIpc) is 3.39. The van der Waals surface area contributed by atoms with Crippen molar-refractivity contribution in [1.82, 2.24) is 15.1 Å². The molecule has 0 bridgehead atoms. The van der Waals surface area contributed by atoms with E-state index >= 15 is 0 Å². The largest absolute Gasteiger partial charge is 0.454 e. The Kier molecular flexibility index (Phi) is 4.49. The van der Waals surface area contributed by atoms with E-state index in [1.165, 1.54) is 17.7 Å². The number of likely N-dealkylation sites (tertiary alicyclic amines) is 1. The molecular weight excluding hydrogens is 357 g/mol. The summed E-state index contributed by atoms with van der Waals surface area (Å²) in [5, 5.41) is 7.48. The molecule has 0 aliphatic carbocycles. The molecular formula is C22H22FN3O2. The zero-order chi connectivity index (χ0) is 18.9. The van der Waals surface area contributed by atoms with Crippen molar-refractivity contribution in [1.29, 1.82) is 0 Å². The van der Waals surface area contributed by atoms with Gasteiger partial charge in [-0.05, 0) is 43.1 Å². The van der Waals surface area contributed by atoms with E-state index in [9.17, 15) is 4.39 Å². The third-order valence-electron chi connectivity index (χ3n) is 5.61. The maximum atomic E-state index is 13.3. The van der Waals surface area contributed by atoms with Gasteiger partial charge in [0.1, 0.15) is 5.82 Å². The first kappa shape index (κ1) is 17.3. The van der Waals surface area contributed by atoms with Crippen molar-refractivity contribution in [2.45, 2.75) is 25.3 Å². The molecule has 5 rings (SSSR count). The third kappa shape index (κ3) is 3.24. The molecule has 1 N–H and O–H groups in total. The molecule has 3 aromatic rings. The van der Waals surface area contributed by atoms with Crippen LogP contribution in [0.25, 0.3) is 11.1 Å². The predicted octanol–water partition coefficient (Wildman–Crippen LogP) is 4.32. The summed E-state index contributed by atoms with van der Waals surface area (Å²) in [6.07, 6.45) is 4.08. The molecule has 1 aromatic heterocycles. The van der Waals surface area contributed by atoms with Crippen LogP contribution in [0.4, 0.5) is 4.39 Å². The van der Waals surface area contributed by atoms with Gasteiger partial charge in [-0.25, -0.2) is 4.39 Å². The Hall–Kier alpha value is -2.86. The van der Waals surface area contributed by atoms with Crippen molar-refractivity contribution in [3.8, 4) is 22.6 Å². The molecule has 1 saturated heterocycles. The molecule has 2 aliphatic heterocycles. The Balaban J connectivity index is 1.35. The van der Waals surface area contributed by atoms with Crippen LogP contribution in [0.15, 0.2) is 48.7 Å². The number of ether oxygens (including phenoxy) is 2. The summed E-state index contributed by atoms with van der Waals surface area (Å²) in [5.74, 6) is 1.85. The summed E-state index contributed by atoms with van der Waals surface area (Å²) in [4.78, 5) is 2.46. The number of halogens is 1. The van der Waals surface area contributed by atoms with Gasteiger partial charge in [-0.1, -0.05) is 24.3 Å². The average molecular weight is 379 g/mol. The number of aromatic nitrogens is 2. The zero-order valence-corrected chi connectivity index (χ0v) is 15.5. The topological polar surface area (TPSA) is 50.4 Å². The van der Waals surface area contributed by atoms with Crippen LogP contribution in [0.3, 0.4) is 0 Å². The lowest BCUT2D eigenvalue weighted by Crippen LogP contribution is -2.34. The maximum absolute atomic E-state index is 13.3. The SMILES string of the molecule is Fc1ccc(-c2cn[nH]c2C2CCCN(Cc3cccc4c3OCO4)C2)cc1. The van der Waals surface area contributed by atoms with Gasteiger partial charge in [0.05, 0.1) is 6.20 Å². The van der Waals surface area contributed by atoms with Crippen LogP contribution in [0, 0.1) is 5.82 Å². The fourth-order valence-corrected chi connectivity index (χ4v) is 4.26. The van der Waals surface area contributed by atoms with Gasteiger partial charge in [0.15, 0.2) is 11.5 Å². The molecule has 1 atom stereocenters. The standard InChI is InChI=1S/C22H22FN3O2/c23-18-8-6-15(7-9-18)19-11-24-25-21(19)16-4-2-10-26(12-16)13-17-3-1-5-20-22(17)28-14-27-20/h1,3,5-9,11,16H,2,4,10,12-14H2,(H,24,25). The summed E-state index contributed by atoms with van der Waals surface area (Å²) in [5.41, 5.74) is 4.35. The Labute approximate surface area is 163 Å². The second kappa shape index (κ2) is 7.28. The number of H-pyrrole nitrogens is 1. The van der Waals surface area contributed by atoms with Crippen molar-refractivity contribution in [3.63, 3.8) is 0 Å². The molecule has 3 heterocycles. The number of nitrogens with zero attached hydrogens (tertiary/aromatic N) is 2. The Morgan fingerprint density at radius 1 is 1.14 bits per heavy atom. The second-order valence-corrected chi connectivity index (χ2v) is 7.43. The minimum absolute atomic E-state index is 0.223. The molecule has 6 heteroatoms. The van der Waals surface area contributed by atoms with Crippen molar-refractivity contribution in [2.75, 3.05) is 19.9 Å². The number of nitrogens with one attached hydrogen (secondary N) is 1. The van der Waals surface area contributed by atoms with Crippen LogP contribution in [0.2, 0.25) is 0 Å². The van der Waals surface area contributed by atoms with Crippen LogP contribution < -0.4 is 9.47 Å². The summed E-state index contributed by atoms with van der Waals surface area (Å²) in [7, 11) is 0.